The van der Waals surface area contributed by atoms with Gasteiger partial charge in [0.1, 0.15) is 5.82 Å². The van der Waals surface area contributed by atoms with Crippen molar-refractivity contribution >= 4 is 15.8 Å². The standard InChI is InChI=1S/C16H28N6O3S/c1-2-17-15(19-13-7-11-26(24,25)12-13)18-8-5-10-22-16(23)21-9-4-3-6-14(21)20-22/h13H,2-12H2,1H3,(H2,17,18,19). The van der Waals surface area contributed by atoms with E-state index in [1.165, 1.54) is 0 Å². The van der Waals surface area contributed by atoms with Crippen LogP contribution in [-0.2, 0) is 29.3 Å². The highest BCUT2D eigenvalue weighted by atomic mass is 32.2. The summed E-state index contributed by atoms with van der Waals surface area (Å²) in [5.74, 6) is 1.92. The van der Waals surface area contributed by atoms with Crippen LogP contribution in [-0.4, -0.2) is 59.4 Å². The zero-order valence-corrected chi connectivity index (χ0v) is 16.1. The second-order valence-electron chi connectivity index (χ2n) is 6.89. The molecule has 0 radical (unpaired) electrons. The molecule has 0 spiro atoms. The number of nitrogens with zero attached hydrogens (tertiary/aromatic N) is 4. The average molecular weight is 385 g/mol. The molecule has 146 valence electrons. The molecule has 0 saturated carbocycles. The molecule has 9 nitrogen and oxygen atoms in total. The zero-order valence-electron chi connectivity index (χ0n) is 15.3. The number of hydrogen-bond acceptors (Lipinski definition) is 5. The SMILES string of the molecule is CCNC(=NCCCn1nc2n(c1=O)CCCC2)NC1CCS(=O)(=O)C1. The lowest BCUT2D eigenvalue weighted by atomic mass is 10.2. The first kappa shape index (κ1) is 18.9. The molecule has 2 N–H and O–H groups in total. The second kappa shape index (κ2) is 8.24. The van der Waals surface area contributed by atoms with Gasteiger partial charge in [0.15, 0.2) is 15.8 Å². The molecule has 2 aliphatic rings. The van der Waals surface area contributed by atoms with Crippen molar-refractivity contribution in [3.05, 3.63) is 16.3 Å². The number of fused-ring (bicyclic) bond motifs is 1. The minimum atomic E-state index is -2.92. The van der Waals surface area contributed by atoms with Gasteiger partial charge in [0.2, 0.25) is 0 Å². The van der Waals surface area contributed by atoms with Gasteiger partial charge < -0.3 is 10.6 Å². The highest BCUT2D eigenvalue weighted by Crippen LogP contribution is 2.11. The maximum absolute atomic E-state index is 12.3. The lowest BCUT2D eigenvalue weighted by Gasteiger charge is -2.15. The van der Waals surface area contributed by atoms with Gasteiger partial charge in [-0.3, -0.25) is 9.56 Å². The van der Waals surface area contributed by atoms with Gasteiger partial charge in [-0.05, 0) is 32.6 Å². The van der Waals surface area contributed by atoms with Gasteiger partial charge in [0.05, 0.1) is 11.5 Å². The fourth-order valence-electron chi connectivity index (χ4n) is 3.43. The summed E-state index contributed by atoms with van der Waals surface area (Å²) in [7, 11) is -2.92. The second-order valence-corrected chi connectivity index (χ2v) is 9.12. The Bertz CT molecular complexity index is 810. The molecule has 1 saturated heterocycles. The van der Waals surface area contributed by atoms with Crippen LogP contribution >= 0.6 is 0 Å². The predicted octanol–water partition coefficient (Wildman–Crippen LogP) is -0.487. The first-order chi connectivity index (χ1) is 12.5. The number of rotatable bonds is 6. The Morgan fingerprint density at radius 2 is 2.23 bits per heavy atom. The number of sulfone groups is 1. The third kappa shape index (κ3) is 4.66. The van der Waals surface area contributed by atoms with Crippen LogP contribution in [0.2, 0.25) is 0 Å². The first-order valence-corrected chi connectivity index (χ1v) is 11.2. The minimum Gasteiger partial charge on any atom is -0.357 e. The van der Waals surface area contributed by atoms with E-state index in [1.807, 2.05) is 6.92 Å². The number of hydrogen-bond donors (Lipinski definition) is 2. The Kier molecular flexibility index (Phi) is 6.00. The lowest BCUT2D eigenvalue weighted by Crippen LogP contribution is -2.44. The quantitative estimate of drug-likeness (QED) is 0.389. The van der Waals surface area contributed by atoms with Crippen LogP contribution in [0.25, 0.3) is 0 Å². The Balaban J connectivity index is 1.52. The summed E-state index contributed by atoms with van der Waals surface area (Å²) >= 11 is 0. The highest BCUT2D eigenvalue weighted by molar-refractivity contribution is 7.91. The van der Waals surface area contributed by atoms with E-state index in [4.69, 9.17) is 0 Å². The summed E-state index contributed by atoms with van der Waals surface area (Å²) < 4.78 is 26.5. The van der Waals surface area contributed by atoms with Gasteiger partial charge in [-0.1, -0.05) is 0 Å². The van der Waals surface area contributed by atoms with Crippen molar-refractivity contribution in [1.82, 2.24) is 25.0 Å². The summed E-state index contributed by atoms with van der Waals surface area (Å²) in [5.41, 5.74) is -0.0233. The fourth-order valence-corrected chi connectivity index (χ4v) is 5.10. The summed E-state index contributed by atoms with van der Waals surface area (Å²) in [6.45, 7) is 4.53. The molecule has 3 heterocycles. The minimum absolute atomic E-state index is 0.0233. The van der Waals surface area contributed by atoms with Gasteiger partial charge in [-0.25, -0.2) is 17.9 Å². The van der Waals surface area contributed by atoms with Crippen molar-refractivity contribution in [1.29, 1.82) is 0 Å². The van der Waals surface area contributed by atoms with E-state index in [-0.39, 0.29) is 23.2 Å². The van der Waals surface area contributed by atoms with E-state index in [0.717, 1.165) is 31.6 Å². The van der Waals surface area contributed by atoms with Crippen LogP contribution in [0.4, 0.5) is 0 Å². The molecule has 10 heteroatoms. The Morgan fingerprint density at radius 1 is 1.38 bits per heavy atom. The summed E-state index contributed by atoms with van der Waals surface area (Å²) in [6, 6.07) is -0.0831. The zero-order chi connectivity index (χ0) is 18.6. The molecule has 1 aromatic rings. The highest BCUT2D eigenvalue weighted by Gasteiger charge is 2.28. The third-order valence-electron chi connectivity index (χ3n) is 4.75. The van der Waals surface area contributed by atoms with E-state index >= 15 is 0 Å². The fraction of sp³-hybridized carbons (Fsp3) is 0.812. The molecule has 1 fully saturated rings. The van der Waals surface area contributed by atoms with Crippen molar-refractivity contribution in [2.45, 2.75) is 58.2 Å². The molecular formula is C16H28N6O3S. The number of nitrogens with one attached hydrogen (secondary N) is 2. The van der Waals surface area contributed by atoms with Gasteiger partial charge >= 0.3 is 5.69 Å². The monoisotopic (exact) mass is 384 g/mol. The smallest absolute Gasteiger partial charge is 0.345 e. The lowest BCUT2D eigenvalue weighted by molar-refractivity contribution is 0.509. The first-order valence-electron chi connectivity index (χ1n) is 9.40. The van der Waals surface area contributed by atoms with Crippen molar-refractivity contribution < 1.29 is 8.42 Å². The molecule has 0 aromatic carbocycles. The normalized spacial score (nSPS) is 22.2. The molecule has 0 amide bonds. The third-order valence-corrected chi connectivity index (χ3v) is 6.51. The van der Waals surface area contributed by atoms with Crippen LogP contribution in [0.15, 0.2) is 9.79 Å². The number of guanidine groups is 1. The molecular weight excluding hydrogens is 356 g/mol. The molecule has 1 atom stereocenters. The van der Waals surface area contributed by atoms with Crippen molar-refractivity contribution in [2.75, 3.05) is 24.6 Å². The maximum Gasteiger partial charge on any atom is 0.345 e. The molecule has 1 aromatic heterocycles. The summed E-state index contributed by atoms with van der Waals surface area (Å²) in [4.78, 5) is 16.8. The van der Waals surface area contributed by atoms with Crippen molar-refractivity contribution in [3.8, 4) is 0 Å². The molecule has 0 aliphatic carbocycles. The van der Waals surface area contributed by atoms with Crippen molar-refractivity contribution in [3.63, 3.8) is 0 Å². The van der Waals surface area contributed by atoms with E-state index in [1.54, 1.807) is 9.25 Å². The van der Waals surface area contributed by atoms with Crippen LogP contribution < -0.4 is 16.3 Å². The van der Waals surface area contributed by atoms with Crippen LogP contribution in [0, 0.1) is 0 Å². The number of aryl methyl sites for hydroxylation is 2. The molecule has 1 unspecified atom stereocenters. The van der Waals surface area contributed by atoms with E-state index in [2.05, 4.69) is 20.7 Å². The maximum atomic E-state index is 12.3. The van der Waals surface area contributed by atoms with Crippen LogP contribution in [0.3, 0.4) is 0 Å². The number of aromatic nitrogens is 3. The summed E-state index contributed by atoms with van der Waals surface area (Å²) in [5, 5.41) is 10.8. The average Bonchev–Trinajstić information content (AvgIpc) is 3.11. The Labute approximate surface area is 153 Å². The predicted molar refractivity (Wildman–Crippen MR) is 100 cm³/mol. The molecule has 26 heavy (non-hydrogen) atoms. The molecule has 2 aliphatic heterocycles. The van der Waals surface area contributed by atoms with Gasteiger partial charge in [0, 0.05) is 38.6 Å². The Hall–Kier alpha value is -1.84. The van der Waals surface area contributed by atoms with E-state index < -0.39 is 9.84 Å². The number of aliphatic imine (C=N–C) groups is 1. The molecule has 0 bridgehead atoms. The van der Waals surface area contributed by atoms with E-state index in [9.17, 15) is 13.2 Å². The largest absolute Gasteiger partial charge is 0.357 e. The van der Waals surface area contributed by atoms with Gasteiger partial charge in [-0.15, -0.1) is 0 Å². The van der Waals surface area contributed by atoms with Gasteiger partial charge in [0.25, 0.3) is 0 Å². The topological polar surface area (TPSA) is 110 Å². The summed E-state index contributed by atoms with van der Waals surface area (Å²) in [6.07, 6.45) is 4.32. The van der Waals surface area contributed by atoms with Gasteiger partial charge in [-0.2, -0.15) is 5.10 Å². The molecule has 3 rings (SSSR count). The van der Waals surface area contributed by atoms with Crippen LogP contribution in [0.1, 0.15) is 38.4 Å². The van der Waals surface area contributed by atoms with Crippen LogP contribution in [0.5, 0.6) is 0 Å². The van der Waals surface area contributed by atoms with E-state index in [0.29, 0.717) is 38.4 Å². The Morgan fingerprint density at radius 3 is 2.92 bits per heavy atom. The van der Waals surface area contributed by atoms with Crippen molar-refractivity contribution in [2.24, 2.45) is 4.99 Å².